The van der Waals surface area contributed by atoms with Crippen molar-refractivity contribution in [3.8, 4) is 5.75 Å². The Labute approximate surface area is 107 Å². The lowest BCUT2D eigenvalue weighted by atomic mass is 10.2. The Morgan fingerprint density at radius 1 is 1.59 bits per heavy atom. The first-order valence-corrected chi connectivity index (χ1v) is 5.64. The molecule has 0 fully saturated rings. The number of aryl methyl sites for hydroxylation is 1. The predicted octanol–water partition coefficient (Wildman–Crippen LogP) is 3.22. The van der Waals surface area contributed by atoms with Gasteiger partial charge < -0.3 is 9.64 Å². The van der Waals surface area contributed by atoms with Crippen molar-refractivity contribution < 1.29 is 4.74 Å². The van der Waals surface area contributed by atoms with Crippen molar-refractivity contribution in [2.24, 2.45) is 4.99 Å². The monoisotopic (exact) mass is 252 g/mol. The number of nitrogens with zero attached hydrogens (tertiary/aromatic N) is 2. The van der Waals surface area contributed by atoms with Crippen molar-refractivity contribution in [2.45, 2.75) is 6.92 Å². The van der Waals surface area contributed by atoms with Gasteiger partial charge in [0, 0.05) is 24.8 Å². The molecule has 0 heterocycles. The topological polar surface area (TPSA) is 24.8 Å². The van der Waals surface area contributed by atoms with E-state index in [-0.39, 0.29) is 0 Å². The van der Waals surface area contributed by atoms with Crippen molar-refractivity contribution in [2.75, 3.05) is 25.6 Å². The van der Waals surface area contributed by atoms with Crippen molar-refractivity contribution >= 4 is 23.6 Å². The minimum absolute atomic E-state index is 0.326. The molecule has 0 N–H and O–H groups in total. The van der Waals surface area contributed by atoms with Gasteiger partial charge in [0.1, 0.15) is 12.4 Å². The van der Waals surface area contributed by atoms with Crippen LogP contribution in [0.15, 0.2) is 34.8 Å². The van der Waals surface area contributed by atoms with Gasteiger partial charge in [0.15, 0.2) is 0 Å². The minimum Gasteiger partial charge on any atom is -0.488 e. The molecule has 92 valence electrons. The summed E-state index contributed by atoms with van der Waals surface area (Å²) in [7, 11) is 3.70. The lowest BCUT2D eigenvalue weighted by Gasteiger charge is -2.17. The first-order valence-electron chi connectivity index (χ1n) is 5.26. The summed E-state index contributed by atoms with van der Waals surface area (Å²) >= 11 is 5.65. The highest BCUT2D eigenvalue weighted by Gasteiger charge is 2.04. The van der Waals surface area contributed by atoms with Gasteiger partial charge >= 0.3 is 0 Å². The van der Waals surface area contributed by atoms with Crippen LogP contribution >= 0.6 is 11.6 Å². The first kappa shape index (κ1) is 13.6. The average Bonchev–Trinajstić information content (AvgIpc) is 2.26. The molecule has 4 heteroatoms. The number of benzene rings is 1. The highest BCUT2D eigenvalue weighted by molar-refractivity contribution is 6.29. The second-order valence-corrected chi connectivity index (χ2v) is 4.27. The maximum Gasteiger partial charge on any atom is 0.123 e. The van der Waals surface area contributed by atoms with E-state index in [4.69, 9.17) is 16.3 Å². The maximum absolute atomic E-state index is 5.65. The third-order valence-corrected chi connectivity index (χ3v) is 2.34. The fourth-order valence-electron chi connectivity index (χ4n) is 1.51. The third kappa shape index (κ3) is 4.11. The van der Waals surface area contributed by atoms with Crippen LogP contribution in [0.5, 0.6) is 5.75 Å². The van der Waals surface area contributed by atoms with Crippen LogP contribution in [0.25, 0.3) is 0 Å². The standard InChI is InChI=1S/C13H17ClN2O/c1-10-7-12(17-8-11(2)14)5-6-13(10)16(4)9-15-3/h5-7,9H,2,8H2,1,3-4H3. The van der Waals surface area contributed by atoms with Crippen molar-refractivity contribution in [1.82, 2.24) is 0 Å². The van der Waals surface area contributed by atoms with Gasteiger partial charge in [0.25, 0.3) is 0 Å². The van der Waals surface area contributed by atoms with Gasteiger partial charge in [0.05, 0.1) is 6.34 Å². The summed E-state index contributed by atoms with van der Waals surface area (Å²) in [4.78, 5) is 5.93. The van der Waals surface area contributed by atoms with E-state index < -0.39 is 0 Å². The Balaban J connectivity index is 2.82. The van der Waals surface area contributed by atoms with Gasteiger partial charge in [-0.2, -0.15) is 0 Å². The lowest BCUT2D eigenvalue weighted by Crippen LogP contribution is -2.15. The van der Waals surface area contributed by atoms with E-state index in [1.807, 2.05) is 37.1 Å². The van der Waals surface area contributed by atoms with Crippen LogP contribution in [0.2, 0.25) is 0 Å². The molecule has 3 nitrogen and oxygen atoms in total. The van der Waals surface area contributed by atoms with E-state index in [0.717, 1.165) is 17.0 Å². The summed E-state index contributed by atoms with van der Waals surface area (Å²) in [6.07, 6.45) is 1.77. The molecule has 17 heavy (non-hydrogen) atoms. The fraction of sp³-hybridized carbons (Fsp3) is 0.308. The smallest absolute Gasteiger partial charge is 0.123 e. The first-order chi connectivity index (χ1) is 8.04. The van der Waals surface area contributed by atoms with Crippen LogP contribution in [0.3, 0.4) is 0 Å². The minimum atomic E-state index is 0.326. The summed E-state index contributed by atoms with van der Waals surface area (Å²) in [5, 5.41) is 0.488. The molecule has 0 atom stereocenters. The molecule has 0 aliphatic rings. The average molecular weight is 253 g/mol. The molecule has 0 aliphatic carbocycles. The molecule has 1 aromatic rings. The summed E-state index contributed by atoms with van der Waals surface area (Å²) in [6.45, 7) is 5.93. The zero-order valence-corrected chi connectivity index (χ0v) is 11.2. The molecule has 0 radical (unpaired) electrons. The van der Waals surface area contributed by atoms with Gasteiger partial charge in [0.2, 0.25) is 0 Å². The highest BCUT2D eigenvalue weighted by atomic mass is 35.5. The molecule has 0 saturated heterocycles. The van der Waals surface area contributed by atoms with E-state index in [9.17, 15) is 0 Å². The van der Waals surface area contributed by atoms with Gasteiger partial charge in [-0.15, -0.1) is 0 Å². The molecule has 0 unspecified atom stereocenters. The van der Waals surface area contributed by atoms with Crippen molar-refractivity contribution in [3.05, 3.63) is 35.4 Å². The zero-order chi connectivity index (χ0) is 12.8. The van der Waals surface area contributed by atoms with Gasteiger partial charge in [-0.05, 0) is 30.7 Å². The van der Waals surface area contributed by atoms with E-state index in [1.54, 1.807) is 13.4 Å². The van der Waals surface area contributed by atoms with Crippen LogP contribution in [-0.4, -0.2) is 27.0 Å². The van der Waals surface area contributed by atoms with E-state index in [0.29, 0.717) is 11.6 Å². The quantitative estimate of drug-likeness (QED) is 0.594. The Morgan fingerprint density at radius 3 is 2.82 bits per heavy atom. The lowest BCUT2D eigenvalue weighted by molar-refractivity contribution is 0.359. The molecule has 0 aliphatic heterocycles. The van der Waals surface area contributed by atoms with Crippen LogP contribution in [0.1, 0.15) is 5.56 Å². The maximum atomic E-state index is 5.65. The number of anilines is 1. The molecule has 0 aromatic heterocycles. The highest BCUT2D eigenvalue weighted by Crippen LogP contribution is 2.23. The largest absolute Gasteiger partial charge is 0.488 e. The van der Waals surface area contributed by atoms with Crippen LogP contribution in [-0.2, 0) is 0 Å². The number of rotatable bonds is 5. The Morgan fingerprint density at radius 2 is 2.29 bits per heavy atom. The van der Waals surface area contributed by atoms with Gasteiger partial charge in [-0.25, -0.2) is 0 Å². The van der Waals surface area contributed by atoms with E-state index in [2.05, 4.69) is 11.6 Å². The van der Waals surface area contributed by atoms with E-state index >= 15 is 0 Å². The number of aliphatic imine (C=N–C) groups is 1. The van der Waals surface area contributed by atoms with Crippen molar-refractivity contribution in [1.29, 1.82) is 0 Å². The predicted molar refractivity (Wildman–Crippen MR) is 74.5 cm³/mol. The SMILES string of the molecule is C=C(Cl)COc1ccc(N(C)C=NC)c(C)c1. The number of ether oxygens (including phenoxy) is 1. The molecular weight excluding hydrogens is 236 g/mol. The number of halogens is 1. The van der Waals surface area contributed by atoms with Crippen LogP contribution < -0.4 is 9.64 Å². The molecule has 0 saturated carbocycles. The Kier molecular flexibility index (Phi) is 5.04. The van der Waals surface area contributed by atoms with Gasteiger partial charge in [-0.3, -0.25) is 4.99 Å². The second kappa shape index (κ2) is 6.30. The van der Waals surface area contributed by atoms with Gasteiger partial charge in [-0.1, -0.05) is 18.2 Å². The molecule has 0 spiro atoms. The fourth-order valence-corrected chi connectivity index (χ4v) is 1.57. The molecule has 1 aromatic carbocycles. The van der Waals surface area contributed by atoms with Crippen LogP contribution in [0.4, 0.5) is 5.69 Å². The number of hydrogen-bond acceptors (Lipinski definition) is 2. The zero-order valence-electron chi connectivity index (χ0n) is 10.4. The van der Waals surface area contributed by atoms with Crippen molar-refractivity contribution in [3.63, 3.8) is 0 Å². The Hall–Kier alpha value is -1.48. The summed E-state index contributed by atoms with van der Waals surface area (Å²) in [5.74, 6) is 0.787. The normalized spacial score (nSPS) is 10.6. The van der Waals surface area contributed by atoms with Crippen LogP contribution in [0, 0.1) is 6.92 Å². The summed E-state index contributed by atoms with van der Waals surface area (Å²) in [6, 6.07) is 5.86. The number of hydrogen-bond donors (Lipinski definition) is 0. The second-order valence-electron chi connectivity index (χ2n) is 3.74. The summed E-state index contributed by atoms with van der Waals surface area (Å²) in [5.41, 5.74) is 2.21. The summed E-state index contributed by atoms with van der Waals surface area (Å²) < 4.78 is 5.46. The molecule has 1 rings (SSSR count). The third-order valence-electron chi connectivity index (χ3n) is 2.23. The Bertz CT molecular complexity index is 429. The molecule has 0 amide bonds. The van der Waals surface area contributed by atoms with E-state index in [1.165, 1.54) is 0 Å². The molecular formula is C13H17ClN2O. The molecule has 0 bridgehead atoms.